The van der Waals surface area contributed by atoms with Gasteiger partial charge in [-0.05, 0) is 33.0 Å². The van der Waals surface area contributed by atoms with Crippen LogP contribution in [0.25, 0.3) is 10.8 Å². The summed E-state index contributed by atoms with van der Waals surface area (Å²) in [5, 5.41) is 28.1. The van der Waals surface area contributed by atoms with Crippen LogP contribution in [0.2, 0.25) is 0 Å². The van der Waals surface area contributed by atoms with E-state index in [4.69, 9.17) is 9.47 Å². The van der Waals surface area contributed by atoms with Crippen molar-refractivity contribution in [1.29, 1.82) is 0 Å². The number of fused-ring (bicyclic) bond motifs is 1. The summed E-state index contributed by atoms with van der Waals surface area (Å²) in [5.74, 6) is 0. The molecule has 212 valence electrons. The molecule has 2 atom stereocenters. The SMILES string of the molecule is OC(c1ccccc1)(c1ccccc1)[C@@H]1OC(c2cccc3ccccc23)O[C@H]1C(O)(c1ccccc1)c1ccccc1. The van der Waals surface area contributed by atoms with Crippen LogP contribution < -0.4 is 0 Å². The van der Waals surface area contributed by atoms with Crippen LogP contribution >= 0.6 is 0 Å². The van der Waals surface area contributed by atoms with Gasteiger partial charge in [0.1, 0.15) is 23.4 Å². The lowest BCUT2D eigenvalue weighted by atomic mass is 9.72. The van der Waals surface area contributed by atoms with Gasteiger partial charge in [-0.2, -0.15) is 0 Å². The fourth-order valence-corrected chi connectivity index (χ4v) is 6.44. The Kier molecular flexibility index (Phi) is 7.13. The molecular weight excluding hydrogens is 532 g/mol. The molecule has 0 unspecified atom stereocenters. The Balaban J connectivity index is 1.48. The molecule has 6 aromatic carbocycles. The van der Waals surface area contributed by atoms with E-state index in [0.717, 1.165) is 16.3 Å². The van der Waals surface area contributed by atoms with Gasteiger partial charge in [0.25, 0.3) is 0 Å². The van der Waals surface area contributed by atoms with Crippen LogP contribution in [0.3, 0.4) is 0 Å². The Bertz CT molecular complexity index is 1630. The zero-order valence-corrected chi connectivity index (χ0v) is 23.5. The topological polar surface area (TPSA) is 58.9 Å². The predicted molar refractivity (Wildman–Crippen MR) is 168 cm³/mol. The second kappa shape index (κ2) is 11.3. The monoisotopic (exact) mass is 564 g/mol. The van der Waals surface area contributed by atoms with E-state index < -0.39 is 29.7 Å². The van der Waals surface area contributed by atoms with Gasteiger partial charge in [-0.15, -0.1) is 0 Å². The molecule has 1 heterocycles. The number of rotatable bonds is 7. The fraction of sp³-hybridized carbons (Fsp3) is 0.128. The summed E-state index contributed by atoms with van der Waals surface area (Å²) in [6, 6.07) is 52.1. The first-order valence-corrected chi connectivity index (χ1v) is 14.6. The summed E-state index contributed by atoms with van der Waals surface area (Å²) in [6.07, 6.45) is -2.91. The summed E-state index contributed by atoms with van der Waals surface area (Å²) in [4.78, 5) is 0. The Morgan fingerprint density at radius 1 is 0.395 bits per heavy atom. The van der Waals surface area contributed by atoms with Gasteiger partial charge in [0.15, 0.2) is 6.29 Å². The summed E-state index contributed by atoms with van der Waals surface area (Å²) >= 11 is 0. The maximum atomic E-state index is 13.0. The molecule has 1 saturated heterocycles. The first-order valence-electron chi connectivity index (χ1n) is 14.6. The molecule has 0 aromatic heterocycles. The van der Waals surface area contributed by atoms with Crippen molar-refractivity contribution in [2.75, 3.05) is 0 Å². The highest BCUT2D eigenvalue weighted by Crippen LogP contribution is 2.51. The zero-order valence-electron chi connectivity index (χ0n) is 23.5. The zero-order chi connectivity index (χ0) is 29.3. The highest BCUT2D eigenvalue weighted by molar-refractivity contribution is 5.85. The van der Waals surface area contributed by atoms with Crippen molar-refractivity contribution in [3.05, 3.63) is 192 Å². The van der Waals surface area contributed by atoms with Crippen LogP contribution in [-0.2, 0) is 20.7 Å². The van der Waals surface area contributed by atoms with E-state index in [2.05, 4.69) is 12.1 Å². The Hall–Kier alpha value is -4.58. The lowest BCUT2D eigenvalue weighted by Gasteiger charge is -2.42. The minimum absolute atomic E-state index is 0.641. The first kappa shape index (κ1) is 27.3. The van der Waals surface area contributed by atoms with Gasteiger partial charge >= 0.3 is 0 Å². The van der Waals surface area contributed by atoms with Crippen molar-refractivity contribution in [1.82, 2.24) is 0 Å². The van der Waals surface area contributed by atoms with Crippen molar-refractivity contribution in [3.8, 4) is 0 Å². The molecule has 1 fully saturated rings. The molecule has 7 rings (SSSR count). The maximum Gasteiger partial charge on any atom is 0.185 e. The molecule has 0 radical (unpaired) electrons. The van der Waals surface area contributed by atoms with Gasteiger partial charge < -0.3 is 19.7 Å². The van der Waals surface area contributed by atoms with E-state index in [1.165, 1.54) is 0 Å². The van der Waals surface area contributed by atoms with Crippen molar-refractivity contribution >= 4 is 10.8 Å². The summed E-state index contributed by atoms with van der Waals surface area (Å²) in [6.45, 7) is 0. The minimum Gasteiger partial charge on any atom is -0.378 e. The number of aliphatic hydroxyl groups is 2. The van der Waals surface area contributed by atoms with E-state index in [9.17, 15) is 10.2 Å². The average Bonchev–Trinajstić information content (AvgIpc) is 3.55. The highest BCUT2D eigenvalue weighted by Gasteiger charge is 2.59. The number of hydrogen-bond donors (Lipinski definition) is 2. The van der Waals surface area contributed by atoms with E-state index in [1.54, 1.807) is 0 Å². The van der Waals surface area contributed by atoms with Crippen molar-refractivity contribution in [2.24, 2.45) is 0 Å². The Morgan fingerprint density at radius 3 is 1.16 bits per heavy atom. The molecule has 4 heteroatoms. The summed E-state index contributed by atoms with van der Waals surface area (Å²) < 4.78 is 13.8. The van der Waals surface area contributed by atoms with Crippen LogP contribution in [-0.4, -0.2) is 22.4 Å². The van der Waals surface area contributed by atoms with Crippen LogP contribution in [0.4, 0.5) is 0 Å². The lowest BCUT2D eigenvalue weighted by molar-refractivity contribution is -0.110. The van der Waals surface area contributed by atoms with E-state index in [-0.39, 0.29) is 0 Å². The third kappa shape index (κ3) is 4.66. The fourth-order valence-electron chi connectivity index (χ4n) is 6.44. The van der Waals surface area contributed by atoms with Gasteiger partial charge in [0.05, 0.1) is 0 Å². The van der Waals surface area contributed by atoms with Crippen molar-refractivity contribution < 1.29 is 19.7 Å². The van der Waals surface area contributed by atoms with Crippen LogP contribution in [0, 0.1) is 0 Å². The van der Waals surface area contributed by atoms with Gasteiger partial charge in [-0.3, -0.25) is 0 Å². The summed E-state index contributed by atoms with van der Waals surface area (Å²) in [5.41, 5.74) is 0.0404. The van der Waals surface area contributed by atoms with Crippen LogP contribution in [0.1, 0.15) is 34.1 Å². The molecule has 4 nitrogen and oxygen atoms in total. The van der Waals surface area contributed by atoms with Gasteiger partial charge in [-0.25, -0.2) is 0 Å². The van der Waals surface area contributed by atoms with E-state index >= 15 is 0 Å². The maximum absolute atomic E-state index is 13.0. The second-order valence-corrected chi connectivity index (χ2v) is 11.0. The molecule has 43 heavy (non-hydrogen) atoms. The lowest BCUT2D eigenvalue weighted by Crippen LogP contribution is -2.54. The molecular formula is C39H32O4. The summed E-state index contributed by atoms with van der Waals surface area (Å²) in [7, 11) is 0. The molecule has 0 bridgehead atoms. The molecule has 6 aromatic rings. The van der Waals surface area contributed by atoms with Gasteiger partial charge in [-0.1, -0.05) is 164 Å². The third-order valence-electron chi connectivity index (χ3n) is 8.57. The molecule has 0 aliphatic carbocycles. The smallest absolute Gasteiger partial charge is 0.185 e. The standard InChI is InChI=1S/C39H32O4/c40-38(29-18-5-1-6-19-29,30-20-7-2-8-21-30)35-36(39(41,31-22-9-3-10-23-31)32-24-11-4-12-25-32)43-37(42-35)34-27-15-17-28-16-13-14-26-33(28)34/h1-27,35-37,40-41H/t35-,36-/m1/s1. The Labute approximate surface area is 251 Å². The molecule has 0 saturated carbocycles. The molecule has 2 N–H and O–H groups in total. The number of ether oxygens (including phenoxy) is 2. The van der Waals surface area contributed by atoms with Crippen LogP contribution in [0.5, 0.6) is 0 Å². The van der Waals surface area contributed by atoms with E-state index in [1.807, 2.05) is 152 Å². The molecule has 1 aliphatic heterocycles. The molecule has 1 aliphatic rings. The third-order valence-corrected chi connectivity index (χ3v) is 8.57. The number of hydrogen-bond acceptors (Lipinski definition) is 4. The van der Waals surface area contributed by atoms with E-state index in [0.29, 0.717) is 22.3 Å². The largest absolute Gasteiger partial charge is 0.378 e. The average molecular weight is 565 g/mol. The predicted octanol–water partition coefficient (Wildman–Crippen LogP) is 7.49. The second-order valence-electron chi connectivity index (χ2n) is 11.0. The molecule has 0 spiro atoms. The van der Waals surface area contributed by atoms with Crippen molar-refractivity contribution in [3.63, 3.8) is 0 Å². The van der Waals surface area contributed by atoms with Crippen LogP contribution in [0.15, 0.2) is 164 Å². The first-order chi connectivity index (χ1) is 21.1. The highest BCUT2D eigenvalue weighted by atomic mass is 16.7. The normalized spacial score (nSPS) is 17.7. The van der Waals surface area contributed by atoms with Crippen molar-refractivity contribution in [2.45, 2.75) is 29.7 Å². The van der Waals surface area contributed by atoms with Gasteiger partial charge in [0.2, 0.25) is 0 Å². The molecule has 0 amide bonds. The Morgan fingerprint density at radius 2 is 0.744 bits per heavy atom. The quantitative estimate of drug-likeness (QED) is 0.211. The number of benzene rings is 6. The van der Waals surface area contributed by atoms with Gasteiger partial charge in [0, 0.05) is 5.56 Å². The minimum atomic E-state index is -1.68.